The van der Waals surface area contributed by atoms with Crippen LogP contribution in [0.4, 0.5) is 0 Å². The molecule has 0 amide bonds. The molecule has 0 aromatic carbocycles. The molecule has 16 heteroatoms. The van der Waals surface area contributed by atoms with E-state index >= 15 is 0 Å². The third-order valence-corrected chi connectivity index (χ3v) is 14.9. The molecule has 0 bridgehead atoms. The zero-order chi connectivity index (χ0) is 25.8. The average molecular weight is 547 g/mol. The highest BCUT2D eigenvalue weighted by atomic mass is 28.5. The minimum atomic E-state index is -3.65. The van der Waals surface area contributed by atoms with Crippen molar-refractivity contribution >= 4 is 26.4 Å². The first kappa shape index (κ1) is 34.1. The molecule has 11 N–H and O–H groups in total. The number of nitrogens with one attached hydrogen (secondary N) is 3. The van der Waals surface area contributed by atoms with Crippen LogP contribution in [0.3, 0.4) is 0 Å². The number of nitrogens with two attached hydrogens (primary N) is 3. The Labute approximate surface area is 208 Å². The summed E-state index contributed by atoms with van der Waals surface area (Å²) >= 11 is 0. The molecule has 0 fully saturated rings. The lowest BCUT2D eigenvalue weighted by Gasteiger charge is -2.38. The van der Waals surface area contributed by atoms with E-state index in [2.05, 4.69) is 16.0 Å². The van der Waals surface area contributed by atoms with Gasteiger partial charge in [0.25, 0.3) is 0 Å². The van der Waals surface area contributed by atoms with Crippen LogP contribution in [-0.2, 0) is 21.5 Å². The minimum Gasteiger partial charge on any atom is -0.390 e. The Morgan fingerprint density at radius 1 is 0.559 bits per heavy atom. The second kappa shape index (κ2) is 20.2. The van der Waals surface area contributed by atoms with E-state index in [9.17, 15) is 9.59 Å². The average Bonchev–Trinajstić information content (AvgIpc) is 2.83. The van der Waals surface area contributed by atoms with Crippen molar-refractivity contribution in [1.29, 1.82) is 0 Å². The van der Waals surface area contributed by atoms with Gasteiger partial charge in [-0.05, 0) is 38.9 Å². The molecule has 2 atom stereocenters. The van der Waals surface area contributed by atoms with Gasteiger partial charge in [-0.1, -0.05) is 0 Å². The summed E-state index contributed by atoms with van der Waals surface area (Å²) in [5.41, 5.74) is 16.5. The normalized spacial score (nSPS) is 17.3. The van der Waals surface area contributed by atoms with Crippen LogP contribution < -0.4 is 33.2 Å². The van der Waals surface area contributed by atoms with Gasteiger partial charge in [-0.3, -0.25) is 0 Å². The smallest absolute Gasteiger partial charge is 0.390 e. The molecular formula is C18H50N6O7Si3. The van der Waals surface area contributed by atoms with Crippen LogP contribution in [0.25, 0.3) is 0 Å². The van der Waals surface area contributed by atoms with Crippen LogP contribution in [0, 0.1) is 0 Å². The molecule has 0 aliphatic carbocycles. The summed E-state index contributed by atoms with van der Waals surface area (Å²) in [7, 11) is -6.56. The van der Waals surface area contributed by atoms with Crippen LogP contribution >= 0.6 is 0 Å². The summed E-state index contributed by atoms with van der Waals surface area (Å²) in [4.78, 5) is 22.4. The van der Waals surface area contributed by atoms with E-state index in [0.29, 0.717) is 96.3 Å². The molecule has 0 rings (SSSR count). The molecule has 0 aliphatic heterocycles. The van der Waals surface area contributed by atoms with Crippen LogP contribution in [0.15, 0.2) is 0 Å². The van der Waals surface area contributed by atoms with E-state index in [1.54, 1.807) is 0 Å². The summed E-state index contributed by atoms with van der Waals surface area (Å²) in [5.74, 6) is 0. The fourth-order valence-corrected chi connectivity index (χ4v) is 13.0. The van der Waals surface area contributed by atoms with Gasteiger partial charge in [0.05, 0.1) is 0 Å². The number of hydrogen-bond donors (Lipinski definition) is 8. The second-order valence-electron chi connectivity index (χ2n) is 7.85. The Bertz CT molecular complexity index is 465. The number of hydrogen-bond acceptors (Lipinski definition) is 13. The van der Waals surface area contributed by atoms with Crippen LogP contribution in [0.2, 0.25) is 18.1 Å². The maximum absolute atomic E-state index is 11.2. The predicted octanol–water partition coefficient (Wildman–Crippen LogP) is -2.42. The van der Waals surface area contributed by atoms with Crippen molar-refractivity contribution in [3.8, 4) is 0 Å². The highest BCUT2D eigenvalue weighted by molar-refractivity contribution is 6.80. The summed E-state index contributed by atoms with van der Waals surface area (Å²) in [6.07, 6.45) is 1.89. The van der Waals surface area contributed by atoms with E-state index in [1.165, 1.54) is 21.3 Å². The second-order valence-corrected chi connectivity index (χ2v) is 16.4. The summed E-state index contributed by atoms with van der Waals surface area (Å²) in [5, 5.41) is 9.59. The Kier molecular flexibility index (Phi) is 20.3. The molecule has 0 radical (unpaired) electrons. The van der Waals surface area contributed by atoms with Gasteiger partial charge in [-0.15, -0.1) is 0 Å². The van der Waals surface area contributed by atoms with Crippen LogP contribution in [0.5, 0.6) is 0 Å². The van der Waals surface area contributed by atoms with Gasteiger partial charge in [0.2, 0.25) is 0 Å². The molecule has 13 nitrogen and oxygen atoms in total. The SMILES string of the molecule is CO[Si](O)(CCCNCCN)O[Si](CCCNCCN)(OC)O[Si](O)(CCCNCCN)OC. The topological polar surface area (TPSA) is 201 Å². The lowest BCUT2D eigenvalue weighted by molar-refractivity contribution is 0.0866. The first-order valence-electron chi connectivity index (χ1n) is 12.0. The minimum absolute atomic E-state index is 0.309. The van der Waals surface area contributed by atoms with Crippen molar-refractivity contribution < 1.29 is 31.1 Å². The van der Waals surface area contributed by atoms with Crippen molar-refractivity contribution in [2.45, 2.75) is 37.4 Å². The Morgan fingerprint density at radius 3 is 1.21 bits per heavy atom. The first-order chi connectivity index (χ1) is 16.3. The van der Waals surface area contributed by atoms with Crippen molar-refractivity contribution in [1.82, 2.24) is 16.0 Å². The Balaban J connectivity index is 5.38. The fraction of sp³-hybridized carbons (Fsp3) is 1.00. The Morgan fingerprint density at radius 2 is 0.912 bits per heavy atom. The van der Waals surface area contributed by atoms with E-state index in [0.717, 1.165) is 0 Å². The Hall–Kier alpha value is 0.131. The van der Waals surface area contributed by atoms with Crippen molar-refractivity contribution in [2.24, 2.45) is 17.2 Å². The zero-order valence-corrected chi connectivity index (χ0v) is 24.3. The lowest BCUT2D eigenvalue weighted by Crippen LogP contribution is -2.62. The highest BCUT2D eigenvalue weighted by Gasteiger charge is 2.55. The van der Waals surface area contributed by atoms with E-state index in [-0.39, 0.29) is 0 Å². The van der Waals surface area contributed by atoms with E-state index < -0.39 is 26.4 Å². The molecule has 34 heavy (non-hydrogen) atoms. The lowest BCUT2D eigenvalue weighted by atomic mass is 10.5. The maximum atomic E-state index is 11.2. The standard InChI is InChI=1S/C18H50N6O7Si3/c1-27-32(25,16-4-10-22-13-7-19)30-34(29-3,18-6-12-24-15-9-21)31-33(26,28-2)17-5-11-23-14-8-20/h22-26H,4-21H2,1-3H3. The van der Waals surface area contributed by atoms with E-state index in [1.807, 2.05) is 0 Å². The molecule has 0 aliphatic rings. The molecule has 0 saturated carbocycles. The molecule has 2 unspecified atom stereocenters. The molecule has 0 spiro atoms. The van der Waals surface area contributed by atoms with Crippen molar-refractivity contribution in [2.75, 3.05) is 80.2 Å². The van der Waals surface area contributed by atoms with Crippen molar-refractivity contribution in [3.05, 3.63) is 0 Å². The van der Waals surface area contributed by atoms with Crippen molar-refractivity contribution in [3.63, 3.8) is 0 Å². The van der Waals surface area contributed by atoms with Crippen LogP contribution in [0.1, 0.15) is 19.3 Å². The van der Waals surface area contributed by atoms with Gasteiger partial charge >= 0.3 is 26.4 Å². The number of rotatable bonds is 25. The molecule has 0 aromatic heterocycles. The molecule has 0 aromatic rings. The zero-order valence-electron chi connectivity index (χ0n) is 21.3. The van der Waals surface area contributed by atoms with Gasteiger partial charge in [-0.2, -0.15) is 0 Å². The third kappa shape index (κ3) is 15.3. The third-order valence-electron chi connectivity index (χ3n) is 5.07. The van der Waals surface area contributed by atoms with Gasteiger partial charge in [0.15, 0.2) is 0 Å². The molecule has 0 heterocycles. The molecule has 206 valence electrons. The first-order valence-corrected chi connectivity index (χ1v) is 17.9. The van der Waals surface area contributed by atoms with Gasteiger partial charge < -0.3 is 64.3 Å². The summed E-state index contributed by atoms with van der Waals surface area (Å²) < 4.78 is 29.1. The van der Waals surface area contributed by atoms with Gasteiger partial charge in [-0.25, -0.2) is 0 Å². The fourth-order valence-electron chi connectivity index (χ4n) is 3.17. The van der Waals surface area contributed by atoms with Gasteiger partial charge in [0, 0.05) is 78.7 Å². The maximum Gasteiger partial charge on any atom is 0.490 e. The quantitative estimate of drug-likeness (QED) is 0.0444. The molecule has 0 saturated heterocycles. The summed E-state index contributed by atoms with van der Waals surface area (Å²) in [6, 6.07) is 0.989. The summed E-state index contributed by atoms with van der Waals surface area (Å²) in [6.45, 7) is 5.66. The van der Waals surface area contributed by atoms with Gasteiger partial charge in [0.1, 0.15) is 0 Å². The van der Waals surface area contributed by atoms with Crippen LogP contribution in [-0.4, -0.2) is 116 Å². The molecular weight excluding hydrogens is 496 g/mol. The predicted molar refractivity (Wildman–Crippen MR) is 139 cm³/mol. The van der Waals surface area contributed by atoms with E-state index in [4.69, 9.17) is 38.7 Å². The monoisotopic (exact) mass is 546 g/mol. The highest BCUT2D eigenvalue weighted by Crippen LogP contribution is 2.28. The largest absolute Gasteiger partial charge is 0.490 e.